The first-order valence-corrected chi connectivity index (χ1v) is 11.0. The number of nitriles is 1. The van der Waals surface area contributed by atoms with Crippen LogP contribution in [0.15, 0.2) is 78.2 Å². The highest BCUT2D eigenvalue weighted by Crippen LogP contribution is 2.32. The average Bonchev–Trinajstić information content (AvgIpc) is 3.32. The van der Waals surface area contributed by atoms with Gasteiger partial charge in [-0.05, 0) is 36.3 Å². The third-order valence-corrected chi connectivity index (χ3v) is 5.81. The van der Waals surface area contributed by atoms with E-state index < -0.39 is 0 Å². The van der Waals surface area contributed by atoms with Gasteiger partial charge >= 0.3 is 0 Å². The number of hydrogen-bond acceptors (Lipinski definition) is 5. The number of aromatic nitrogens is 1. The van der Waals surface area contributed by atoms with Crippen molar-refractivity contribution in [3.63, 3.8) is 0 Å². The van der Waals surface area contributed by atoms with Gasteiger partial charge in [0.25, 0.3) is 0 Å². The van der Waals surface area contributed by atoms with Crippen molar-refractivity contribution in [2.24, 2.45) is 0 Å². The number of benzene rings is 3. The van der Waals surface area contributed by atoms with Gasteiger partial charge in [-0.3, -0.25) is 0 Å². The molecule has 0 saturated heterocycles. The number of nitrogens with zero attached hydrogens (tertiary/aromatic N) is 2. The van der Waals surface area contributed by atoms with Gasteiger partial charge in [0, 0.05) is 10.9 Å². The average molecular weight is 439 g/mol. The fraction of sp³-hybridized carbons (Fsp3) is 0.111. The first kappa shape index (κ1) is 21.4. The van der Waals surface area contributed by atoms with E-state index in [1.807, 2.05) is 72.1 Å². The van der Waals surface area contributed by atoms with E-state index in [-0.39, 0.29) is 0 Å². The minimum Gasteiger partial charge on any atom is -0.493 e. The molecule has 3 aromatic carbocycles. The smallest absolute Gasteiger partial charge is 0.161 e. The third-order valence-electron chi connectivity index (χ3n) is 4.94. The molecule has 0 atom stereocenters. The van der Waals surface area contributed by atoms with E-state index in [4.69, 9.17) is 9.47 Å². The fourth-order valence-electron chi connectivity index (χ4n) is 3.19. The Morgan fingerprint density at radius 2 is 1.81 bits per heavy atom. The molecule has 0 N–H and O–H groups in total. The molecule has 1 heterocycles. The Morgan fingerprint density at radius 3 is 2.53 bits per heavy atom. The summed E-state index contributed by atoms with van der Waals surface area (Å²) in [6.07, 6.45) is 1.82. The van der Waals surface area contributed by atoms with Crippen LogP contribution in [0.5, 0.6) is 11.5 Å². The van der Waals surface area contributed by atoms with Crippen molar-refractivity contribution in [3.05, 3.63) is 99.9 Å². The van der Waals surface area contributed by atoms with Crippen LogP contribution < -0.4 is 9.47 Å². The second kappa shape index (κ2) is 9.95. The lowest BCUT2D eigenvalue weighted by Gasteiger charge is -2.11. The van der Waals surface area contributed by atoms with Gasteiger partial charge < -0.3 is 9.47 Å². The van der Waals surface area contributed by atoms with E-state index >= 15 is 0 Å². The molecular formula is C27H22N2O2S. The molecule has 0 radical (unpaired) electrons. The number of methoxy groups -OCH3 is 1. The van der Waals surface area contributed by atoms with Crippen LogP contribution in [0.25, 0.3) is 22.9 Å². The summed E-state index contributed by atoms with van der Waals surface area (Å²) in [6.45, 7) is 2.51. The maximum absolute atomic E-state index is 9.74. The molecule has 0 fully saturated rings. The molecule has 1 aromatic heterocycles. The molecule has 0 unspecified atom stereocenters. The highest BCUT2D eigenvalue weighted by Gasteiger charge is 2.11. The number of aryl methyl sites for hydroxylation is 1. The molecule has 0 aliphatic heterocycles. The maximum atomic E-state index is 9.74. The van der Waals surface area contributed by atoms with Gasteiger partial charge in [0.15, 0.2) is 11.5 Å². The number of ether oxygens (including phenoxy) is 2. The Balaban J connectivity index is 1.55. The maximum Gasteiger partial charge on any atom is 0.161 e. The predicted molar refractivity (Wildman–Crippen MR) is 130 cm³/mol. The minimum atomic E-state index is 0.455. The lowest BCUT2D eigenvalue weighted by molar-refractivity contribution is 0.284. The van der Waals surface area contributed by atoms with E-state index in [0.29, 0.717) is 28.7 Å². The Labute approximate surface area is 192 Å². The molecule has 0 saturated carbocycles. The van der Waals surface area contributed by atoms with Crippen LogP contribution in [-0.2, 0) is 6.61 Å². The second-order valence-corrected chi connectivity index (χ2v) is 8.12. The van der Waals surface area contributed by atoms with Crippen LogP contribution in [0.2, 0.25) is 0 Å². The summed E-state index contributed by atoms with van der Waals surface area (Å²) in [5.41, 5.74) is 5.54. The molecule has 4 aromatic rings. The molecule has 4 nitrogen and oxygen atoms in total. The number of hydrogen-bond donors (Lipinski definition) is 0. The van der Waals surface area contributed by atoms with Crippen molar-refractivity contribution in [1.82, 2.24) is 4.98 Å². The molecular weight excluding hydrogens is 416 g/mol. The first-order chi connectivity index (χ1) is 15.7. The van der Waals surface area contributed by atoms with Gasteiger partial charge in [0.2, 0.25) is 0 Å². The van der Waals surface area contributed by atoms with Crippen LogP contribution >= 0.6 is 11.3 Å². The molecule has 32 heavy (non-hydrogen) atoms. The zero-order valence-electron chi connectivity index (χ0n) is 17.9. The van der Waals surface area contributed by atoms with Crippen molar-refractivity contribution in [2.75, 3.05) is 7.11 Å². The van der Waals surface area contributed by atoms with Gasteiger partial charge in [0.1, 0.15) is 17.7 Å². The molecule has 5 heteroatoms. The van der Waals surface area contributed by atoms with E-state index in [2.05, 4.69) is 30.1 Å². The van der Waals surface area contributed by atoms with Gasteiger partial charge in [-0.1, -0.05) is 66.2 Å². The van der Waals surface area contributed by atoms with Gasteiger partial charge in [-0.2, -0.15) is 5.26 Å². The Bertz CT molecular complexity index is 1270. The van der Waals surface area contributed by atoms with Crippen LogP contribution in [0.4, 0.5) is 0 Å². The largest absolute Gasteiger partial charge is 0.493 e. The Hall–Kier alpha value is -3.88. The minimum absolute atomic E-state index is 0.455. The summed E-state index contributed by atoms with van der Waals surface area (Å²) < 4.78 is 11.4. The van der Waals surface area contributed by atoms with Crippen LogP contribution in [0, 0.1) is 18.3 Å². The van der Waals surface area contributed by atoms with Crippen molar-refractivity contribution in [1.29, 1.82) is 5.26 Å². The Morgan fingerprint density at radius 1 is 1.03 bits per heavy atom. The zero-order valence-corrected chi connectivity index (χ0v) is 18.7. The Kier molecular flexibility index (Phi) is 6.64. The predicted octanol–water partition coefficient (Wildman–Crippen LogP) is 6.77. The van der Waals surface area contributed by atoms with Crippen molar-refractivity contribution in [3.8, 4) is 28.8 Å². The van der Waals surface area contributed by atoms with E-state index in [0.717, 1.165) is 22.4 Å². The number of allylic oxidation sites excluding steroid dienone is 1. The zero-order chi connectivity index (χ0) is 22.3. The topological polar surface area (TPSA) is 55.1 Å². The van der Waals surface area contributed by atoms with Gasteiger partial charge in [-0.15, -0.1) is 11.3 Å². The van der Waals surface area contributed by atoms with Crippen LogP contribution in [0.3, 0.4) is 0 Å². The fourth-order valence-corrected chi connectivity index (χ4v) is 3.99. The number of rotatable bonds is 7. The van der Waals surface area contributed by atoms with Crippen LogP contribution in [0.1, 0.15) is 21.7 Å². The van der Waals surface area contributed by atoms with Crippen molar-refractivity contribution in [2.45, 2.75) is 13.5 Å². The molecule has 0 amide bonds. The van der Waals surface area contributed by atoms with E-state index in [9.17, 15) is 5.26 Å². The summed E-state index contributed by atoms with van der Waals surface area (Å²) in [5, 5.41) is 12.4. The highest BCUT2D eigenvalue weighted by molar-refractivity contribution is 7.11. The summed E-state index contributed by atoms with van der Waals surface area (Å²) in [7, 11) is 1.61. The highest BCUT2D eigenvalue weighted by atomic mass is 32.1. The lowest BCUT2D eigenvalue weighted by atomic mass is 10.1. The molecule has 158 valence electrons. The standard InChI is InChI=1S/C27H22N2O2S/c1-19-8-11-22(12-9-19)24-18-32-27(29-24)23(16-28)14-21-10-13-25(26(15-21)30-2)31-17-20-6-4-3-5-7-20/h3-15,18H,17H2,1-2H3. The van der Waals surface area contributed by atoms with Gasteiger partial charge in [0.05, 0.1) is 18.4 Å². The second-order valence-electron chi connectivity index (χ2n) is 7.26. The van der Waals surface area contributed by atoms with Crippen molar-refractivity contribution >= 4 is 23.0 Å². The van der Waals surface area contributed by atoms with Crippen molar-refractivity contribution < 1.29 is 9.47 Å². The monoisotopic (exact) mass is 438 g/mol. The van der Waals surface area contributed by atoms with E-state index in [1.54, 1.807) is 7.11 Å². The SMILES string of the molecule is COc1cc(C=C(C#N)c2nc(-c3ccc(C)cc3)cs2)ccc1OCc1ccccc1. The summed E-state index contributed by atoms with van der Waals surface area (Å²) in [6, 6.07) is 26.1. The quantitative estimate of drug-likeness (QED) is 0.299. The first-order valence-electron chi connectivity index (χ1n) is 10.2. The number of thiazole rings is 1. The summed E-state index contributed by atoms with van der Waals surface area (Å²) in [4.78, 5) is 4.67. The summed E-state index contributed by atoms with van der Waals surface area (Å²) in [5.74, 6) is 1.27. The molecule has 4 rings (SSSR count). The summed E-state index contributed by atoms with van der Waals surface area (Å²) >= 11 is 1.46. The molecule has 0 aliphatic carbocycles. The third kappa shape index (κ3) is 5.05. The normalized spacial score (nSPS) is 11.1. The van der Waals surface area contributed by atoms with E-state index in [1.165, 1.54) is 16.9 Å². The van der Waals surface area contributed by atoms with Gasteiger partial charge in [-0.25, -0.2) is 4.98 Å². The molecule has 0 bridgehead atoms. The molecule has 0 aliphatic rings. The molecule has 0 spiro atoms. The lowest BCUT2D eigenvalue weighted by Crippen LogP contribution is -1.97. The van der Waals surface area contributed by atoms with Crippen LogP contribution in [-0.4, -0.2) is 12.1 Å².